The van der Waals surface area contributed by atoms with Gasteiger partial charge in [0.2, 0.25) is 11.8 Å². The zero-order chi connectivity index (χ0) is 14.9. The van der Waals surface area contributed by atoms with Gasteiger partial charge in [-0.25, -0.2) is 0 Å². The maximum atomic E-state index is 12.2. The highest BCUT2D eigenvalue weighted by atomic mass is 16.2. The van der Waals surface area contributed by atoms with E-state index in [1.807, 2.05) is 0 Å². The first kappa shape index (κ1) is 15.0. The summed E-state index contributed by atoms with van der Waals surface area (Å²) in [5, 5.41) is 2.79. The van der Waals surface area contributed by atoms with Crippen molar-refractivity contribution in [2.75, 3.05) is 7.05 Å². The van der Waals surface area contributed by atoms with Crippen molar-refractivity contribution in [2.24, 2.45) is 17.6 Å². The number of carbonyl (C=O) groups is 3. The summed E-state index contributed by atoms with van der Waals surface area (Å²) in [6.45, 7) is 2.10. The SMILES string of the molecule is CC1CCC(C(=O)NC2CCC(=O)N(C)C2=O)CC1N. The molecule has 4 unspecified atom stereocenters. The third-order valence-electron chi connectivity index (χ3n) is 4.59. The fourth-order valence-electron chi connectivity index (χ4n) is 2.93. The van der Waals surface area contributed by atoms with E-state index in [0.717, 1.165) is 17.7 Å². The van der Waals surface area contributed by atoms with E-state index in [2.05, 4.69) is 12.2 Å². The molecule has 4 atom stereocenters. The van der Waals surface area contributed by atoms with Crippen LogP contribution in [0.1, 0.15) is 39.0 Å². The van der Waals surface area contributed by atoms with E-state index >= 15 is 0 Å². The molecule has 2 aliphatic rings. The van der Waals surface area contributed by atoms with Crippen LogP contribution in [0, 0.1) is 11.8 Å². The number of amides is 3. The summed E-state index contributed by atoms with van der Waals surface area (Å²) in [5.41, 5.74) is 6.01. The maximum Gasteiger partial charge on any atom is 0.251 e. The van der Waals surface area contributed by atoms with E-state index in [0.29, 0.717) is 25.2 Å². The first-order valence-electron chi connectivity index (χ1n) is 7.26. The number of nitrogens with one attached hydrogen (secondary N) is 1. The number of likely N-dealkylation sites (N-methyl/N-ethyl adjacent to an activating group) is 1. The lowest BCUT2D eigenvalue weighted by Gasteiger charge is -2.33. The van der Waals surface area contributed by atoms with Crippen molar-refractivity contribution in [3.8, 4) is 0 Å². The normalized spacial score (nSPS) is 35.0. The van der Waals surface area contributed by atoms with Crippen molar-refractivity contribution in [1.29, 1.82) is 0 Å². The van der Waals surface area contributed by atoms with Gasteiger partial charge >= 0.3 is 0 Å². The number of rotatable bonds is 2. The summed E-state index contributed by atoms with van der Waals surface area (Å²) < 4.78 is 0. The van der Waals surface area contributed by atoms with E-state index in [4.69, 9.17) is 5.73 Å². The fourth-order valence-corrected chi connectivity index (χ4v) is 2.93. The van der Waals surface area contributed by atoms with E-state index in [-0.39, 0.29) is 29.7 Å². The van der Waals surface area contributed by atoms with Gasteiger partial charge in [-0.15, -0.1) is 0 Å². The summed E-state index contributed by atoms with van der Waals surface area (Å²) >= 11 is 0. The second kappa shape index (κ2) is 5.91. The van der Waals surface area contributed by atoms with Gasteiger partial charge in [0.25, 0.3) is 5.91 Å². The first-order valence-corrected chi connectivity index (χ1v) is 7.26. The van der Waals surface area contributed by atoms with Crippen molar-refractivity contribution in [1.82, 2.24) is 10.2 Å². The third kappa shape index (κ3) is 3.00. The number of likely N-dealkylation sites (tertiary alicyclic amines) is 1. The molecular weight excluding hydrogens is 258 g/mol. The van der Waals surface area contributed by atoms with Gasteiger partial charge in [-0.2, -0.15) is 0 Å². The van der Waals surface area contributed by atoms with E-state index in [1.54, 1.807) is 0 Å². The average molecular weight is 281 g/mol. The van der Waals surface area contributed by atoms with Gasteiger partial charge in [-0.3, -0.25) is 19.3 Å². The molecule has 0 aromatic heterocycles. The van der Waals surface area contributed by atoms with Gasteiger partial charge in [-0.05, 0) is 31.6 Å². The first-order chi connectivity index (χ1) is 9.40. The number of carbonyl (C=O) groups excluding carboxylic acids is 3. The molecule has 2 rings (SSSR count). The number of piperidine rings is 1. The summed E-state index contributed by atoms with van der Waals surface area (Å²) in [6.07, 6.45) is 3.12. The van der Waals surface area contributed by atoms with E-state index in [1.165, 1.54) is 7.05 Å². The molecule has 2 fully saturated rings. The highest BCUT2D eigenvalue weighted by molar-refractivity contribution is 6.01. The largest absolute Gasteiger partial charge is 0.344 e. The van der Waals surface area contributed by atoms with Crippen LogP contribution in [0.5, 0.6) is 0 Å². The van der Waals surface area contributed by atoms with Gasteiger partial charge in [0, 0.05) is 25.4 Å². The molecule has 0 radical (unpaired) electrons. The Morgan fingerprint density at radius 2 is 2.00 bits per heavy atom. The minimum Gasteiger partial charge on any atom is -0.344 e. The maximum absolute atomic E-state index is 12.2. The number of imide groups is 1. The lowest BCUT2D eigenvalue weighted by Crippen LogP contribution is -2.54. The highest BCUT2D eigenvalue weighted by Crippen LogP contribution is 2.28. The highest BCUT2D eigenvalue weighted by Gasteiger charge is 2.35. The molecule has 20 heavy (non-hydrogen) atoms. The predicted molar refractivity (Wildman–Crippen MR) is 73.4 cm³/mol. The van der Waals surface area contributed by atoms with Crippen LogP contribution >= 0.6 is 0 Å². The second-order valence-corrected chi connectivity index (χ2v) is 6.04. The molecule has 1 aliphatic carbocycles. The van der Waals surface area contributed by atoms with Gasteiger partial charge < -0.3 is 11.1 Å². The van der Waals surface area contributed by atoms with Crippen LogP contribution in [0.25, 0.3) is 0 Å². The minimum absolute atomic E-state index is 0.0470. The van der Waals surface area contributed by atoms with Crippen LogP contribution in [0.15, 0.2) is 0 Å². The Labute approximate surface area is 119 Å². The van der Waals surface area contributed by atoms with Crippen molar-refractivity contribution in [2.45, 2.75) is 51.1 Å². The molecular formula is C14H23N3O3. The van der Waals surface area contributed by atoms with Gasteiger partial charge in [-0.1, -0.05) is 6.92 Å². The number of nitrogens with zero attached hydrogens (tertiary/aromatic N) is 1. The molecule has 1 saturated carbocycles. The molecule has 3 N–H and O–H groups in total. The third-order valence-corrected chi connectivity index (χ3v) is 4.59. The van der Waals surface area contributed by atoms with E-state index in [9.17, 15) is 14.4 Å². The van der Waals surface area contributed by atoms with Crippen LogP contribution in [-0.2, 0) is 14.4 Å². The van der Waals surface area contributed by atoms with Crippen LogP contribution in [0.3, 0.4) is 0 Å². The lowest BCUT2D eigenvalue weighted by atomic mass is 9.79. The van der Waals surface area contributed by atoms with E-state index < -0.39 is 6.04 Å². The molecule has 1 aliphatic heterocycles. The molecule has 112 valence electrons. The van der Waals surface area contributed by atoms with Gasteiger partial charge in [0.15, 0.2) is 0 Å². The summed E-state index contributed by atoms with van der Waals surface area (Å²) in [7, 11) is 1.46. The van der Waals surface area contributed by atoms with Crippen molar-refractivity contribution >= 4 is 17.7 Å². The Kier molecular flexibility index (Phi) is 4.42. The quantitative estimate of drug-likeness (QED) is 0.698. The fraction of sp³-hybridized carbons (Fsp3) is 0.786. The number of hydrogen-bond acceptors (Lipinski definition) is 4. The van der Waals surface area contributed by atoms with Crippen LogP contribution in [0.2, 0.25) is 0 Å². The Balaban J connectivity index is 1.91. The molecule has 1 saturated heterocycles. The topological polar surface area (TPSA) is 92.5 Å². The smallest absolute Gasteiger partial charge is 0.251 e. The molecule has 0 aromatic carbocycles. The number of hydrogen-bond donors (Lipinski definition) is 2. The van der Waals surface area contributed by atoms with Gasteiger partial charge in [0.05, 0.1) is 0 Å². The van der Waals surface area contributed by atoms with Crippen molar-refractivity contribution in [3.05, 3.63) is 0 Å². The molecule has 6 nitrogen and oxygen atoms in total. The summed E-state index contributed by atoms with van der Waals surface area (Å²) in [4.78, 5) is 36.7. The van der Waals surface area contributed by atoms with Crippen molar-refractivity contribution < 1.29 is 14.4 Å². The second-order valence-electron chi connectivity index (χ2n) is 6.04. The molecule has 0 aromatic rings. The Bertz CT molecular complexity index is 424. The number of nitrogens with two attached hydrogens (primary N) is 1. The average Bonchev–Trinajstić information content (AvgIpc) is 2.42. The molecule has 6 heteroatoms. The zero-order valence-electron chi connectivity index (χ0n) is 12.1. The Morgan fingerprint density at radius 1 is 1.30 bits per heavy atom. The van der Waals surface area contributed by atoms with Crippen LogP contribution in [0.4, 0.5) is 0 Å². The van der Waals surface area contributed by atoms with Crippen LogP contribution < -0.4 is 11.1 Å². The Morgan fingerprint density at radius 3 is 2.65 bits per heavy atom. The molecule has 0 bridgehead atoms. The zero-order valence-corrected chi connectivity index (χ0v) is 12.1. The molecule has 3 amide bonds. The van der Waals surface area contributed by atoms with Gasteiger partial charge in [0.1, 0.15) is 6.04 Å². The Hall–Kier alpha value is -1.43. The minimum atomic E-state index is -0.569. The summed E-state index contributed by atoms with van der Waals surface area (Å²) in [6, 6.07) is -0.522. The summed E-state index contributed by atoms with van der Waals surface area (Å²) in [5.74, 6) is -0.276. The monoisotopic (exact) mass is 281 g/mol. The molecule has 0 spiro atoms. The predicted octanol–water partition coefficient (Wildman–Crippen LogP) is 0.0135. The standard InChI is InChI=1S/C14H23N3O3/c1-8-3-4-9(7-10(8)15)13(19)16-11-5-6-12(18)17(2)14(11)20/h8-11H,3-7,15H2,1-2H3,(H,16,19). The lowest BCUT2D eigenvalue weighted by molar-refractivity contribution is -0.149. The van der Waals surface area contributed by atoms with Crippen molar-refractivity contribution in [3.63, 3.8) is 0 Å². The van der Waals surface area contributed by atoms with Crippen LogP contribution in [-0.4, -0.2) is 41.8 Å². The molecule has 1 heterocycles.